The molecule has 0 aliphatic rings. The van der Waals surface area contributed by atoms with Gasteiger partial charge < -0.3 is 5.32 Å². The van der Waals surface area contributed by atoms with Crippen LogP contribution in [0.25, 0.3) is 10.9 Å². The molecule has 1 heterocycles. The first-order chi connectivity index (χ1) is 9.52. The number of aromatic nitrogens is 1. The van der Waals surface area contributed by atoms with E-state index in [0.29, 0.717) is 6.04 Å². The summed E-state index contributed by atoms with van der Waals surface area (Å²) in [5.74, 6) is 0. The fourth-order valence-electron chi connectivity index (χ4n) is 2.56. The quantitative estimate of drug-likeness (QED) is 0.881. The SMILES string of the molecule is CCCNC(Cc1ccnc2ccccc12)C(C)(C)C. The van der Waals surface area contributed by atoms with Crippen molar-refractivity contribution in [1.29, 1.82) is 0 Å². The van der Waals surface area contributed by atoms with E-state index in [0.717, 1.165) is 18.5 Å². The van der Waals surface area contributed by atoms with Crippen molar-refractivity contribution >= 4 is 10.9 Å². The second-order valence-corrected chi connectivity index (χ2v) is 6.56. The Morgan fingerprint density at radius 2 is 1.90 bits per heavy atom. The van der Waals surface area contributed by atoms with Gasteiger partial charge >= 0.3 is 0 Å². The summed E-state index contributed by atoms with van der Waals surface area (Å²) in [6.45, 7) is 10.2. The molecule has 1 unspecified atom stereocenters. The Hall–Kier alpha value is -1.41. The number of pyridine rings is 1. The van der Waals surface area contributed by atoms with Gasteiger partial charge in [-0.15, -0.1) is 0 Å². The van der Waals surface area contributed by atoms with Gasteiger partial charge in [0.05, 0.1) is 5.52 Å². The molecule has 0 bridgehead atoms. The lowest BCUT2D eigenvalue weighted by Gasteiger charge is -2.32. The molecule has 108 valence electrons. The van der Waals surface area contributed by atoms with Gasteiger partial charge in [0, 0.05) is 17.6 Å². The van der Waals surface area contributed by atoms with Crippen molar-refractivity contribution in [1.82, 2.24) is 10.3 Å². The molecular weight excluding hydrogens is 244 g/mol. The van der Waals surface area contributed by atoms with E-state index >= 15 is 0 Å². The topological polar surface area (TPSA) is 24.9 Å². The summed E-state index contributed by atoms with van der Waals surface area (Å²) in [4.78, 5) is 4.45. The summed E-state index contributed by atoms with van der Waals surface area (Å²) in [5.41, 5.74) is 2.73. The van der Waals surface area contributed by atoms with E-state index < -0.39 is 0 Å². The van der Waals surface area contributed by atoms with Crippen molar-refractivity contribution in [3.63, 3.8) is 0 Å². The molecule has 2 rings (SSSR count). The Morgan fingerprint density at radius 1 is 1.15 bits per heavy atom. The van der Waals surface area contributed by atoms with Gasteiger partial charge in [-0.1, -0.05) is 45.9 Å². The lowest BCUT2D eigenvalue weighted by molar-refractivity contribution is 0.267. The molecule has 2 heteroatoms. The van der Waals surface area contributed by atoms with Gasteiger partial charge in [-0.05, 0) is 42.5 Å². The first-order valence-electron chi connectivity index (χ1n) is 7.58. The van der Waals surface area contributed by atoms with Crippen LogP contribution in [0.4, 0.5) is 0 Å². The van der Waals surface area contributed by atoms with Crippen molar-refractivity contribution in [3.8, 4) is 0 Å². The van der Waals surface area contributed by atoms with Gasteiger partial charge in [0.15, 0.2) is 0 Å². The average Bonchev–Trinajstić information content (AvgIpc) is 2.42. The minimum atomic E-state index is 0.250. The normalized spacial score (nSPS) is 13.6. The minimum Gasteiger partial charge on any atom is -0.313 e. The van der Waals surface area contributed by atoms with Gasteiger partial charge in [-0.3, -0.25) is 4.98 Å². The van der Waals surface area contributed by atoms with Crippen LogP contribution < -0.4 is 5.32 Å². The van der Waals surface area contributed by atoms with Gasteiger partial charge in [-0.25, -0.2) is 0 Å². The minimum absolute atomic E-state index is 0.250. The van der Waals surface area contributed by atoms with E-state index in [4.69, 9.17) is 0 Å². The van der Waals surface area contributed by atoms with Gasteiger partial charge in [0.25, 0.3) is 0 Å². The smallest absolute Gasteiger partial charge is 0.0704 e. The third-order valence-electron chi connectivity index (χ3n) is 3.85. The van der Waals surface area contributed by atoms with Crippen LogP contribution in [0.2, 0.25) is 0 Å². The monoisotopic (exact) mass is 270 g/mol. The molecular formula is C18H26N2. The maximum Gasteiger partial charge on any atom is 0.0704 e. The summed E-state index contributed by atoms with van der Waals surface area (Å²) in [7, 11) is 0. The molecule has 0 fully saturated rings. The van der Waals surface area contributed by atoms with E-state index in [2.05, 4.69) is 68.3 Å². The van der Waals surface area contributed by atoms with Crippen molar-refractivity contribution in [3.05, 3.63) is 42.1 Å². The third-order valence-corrected chi connectivity index (χ3v) is 3.85. The molecule has 0 saturated heterocycles. The molecule has 1 aromatic carbocycles. The maximum absolute atomic E-state index is 4.45. The van der Waals surface area contributed by atoms with Crippen LogP contribution in [0.3, 0.4) is 0 Å². The van der Waals surface area contributed by atoms with E-state index in [9.17, 15) is 0 Å². The summed E-state index contributed by atoms with van der Waals surface area (Å²) < 4.78 is 0. The van der Waals surface area contributed by atoms with Crippen molar-refractivity contribution in [2.75, 3.05) is 6.54 Å². The molecule has 0 radical (unpaired) electrons. The lowest BCUT2D eigenvalue weighted by Crippen LogP contribution is -2.42. The summed E-state index contributed by atoms with van der Waals surface area (Å²) in [5, 5.41) is 4.98. The number of hydrogen-bond acceptors (Lipinski definition) is 2. The lowest BCUT2D eigenvalue weighted by atomic mass is 9.82. The van der Waals surface area contributed by atoms with E-state index in [1.54, 1.807) is 0 Å². The van der Waals surface area contributed by atoms with E-state index in [1.165, 1.54) is 17.4 Å². The second kappa shape index (κ2) is 6.36. The Kier molecular flexibility index (Phi) is 4.77. The standard InChI is InChI=1S/C18H26N2/c1-5-11-20-17(18(2,3)4)13-14-10-12-19-16-9-7-6-8-15(14)16/h6-10,12,17,20H,5,11,13H2,1-4H3. The van der Waals surface area contributed by atoms with Crippen LogP contribution >= 0.6 is 0 Å². The van der Waals surface area contributed by atoms with Crippen LogP contribution in [-0.2, 0) is 6.42 Å². The zero-order valence-electron chi connectivity index (χ0n) is 13.1. The molecule has 0 saturated carbocycles. The molecule has 0 aliphatic heterocycles. The molecule has 1 aromatic heterocycles. The zero-order chi connectivity index (χ0) is 14.6. The highest BCUT2D eigenvalue weighted by Crippen LogP contribution is 2.25. The summed E-state index contributed by atoms with van der Waals surface area (Å²) >= 11 is 0. The molecule has 0 spiro atoms. The third kappa shape index (κ3) is 3.57. The number of nitrogens with one attached hydrogen (secondary N) is 1. The van der Waals surface area contributed by atoms with Crippen LogP contribution in [0.5, 0.6) is 0 Å². The Bertz CT molecular complexity index is 549. The van der Waals surface area contributed by atoms with Gasteiger partial charge in [0.2, 0.25) is 0 Å². The van der Waals surface area contributed by atoms with Crippen LogP contribution in [0.15, 0.2) is 36.5 Å². The highest BCUT2D eigenvalue weighted by atomic mass is 14.9. The number of rotatable bonds is 5. The molecule has 2 nitrogen and oxygen atoms in total. The molecule has 0 amide bonds. The Morgan fingerprint density at radius 3 is 2.60 bits per heavy atom. The first kappa shape index (κ1) is 15.0. The Labute approximate surface area is 122 Å². The highest BCUT2D eigenvalue weighted by molar-refractivity contribution is 5.81. The van der Waals surface area contributed by atoms with Crippen molar-refractivity contribution < 1.29 is 0 Å². The largest absolute Gasteiger partial charge is 0.313 e. The predicted molar refractivity (Wildman–Crippen MR) is 87.0 cm³/mol. The van der Waals surface area contributed by atoms with E-state index in [1.807, 2.05) is 6.20 Å². The summed E-state index contributed by atoms with van der Waals surface area (Å²) in [6, 6.07) is 11.1. The Balaban J connectivity index is 2.28. The summed E-state index contributed by atoms with van der Waals surface area (Å²) in [6.07, 6.45) is 4.15. The fourth-order valence-corrected chi connectivity index (χ4v) is 2.56. The average molecular weight is 270 g/mol. The number of nitrogens with zero attached hydrogens (tertiary/aromatic N) is 1. The molecule has 1 N–H and O–H groups in total. The highest BCUT2D eigenvalue weighted by Gasteiger charge is 2.24. The molecule has 0 aliphatic carbocycles. The first-order valence-corrected chi connectivity index (χ1v) is 7.58. The number of hydrogen-bond donors (Lipinski definition) is 1. The van der Waals surface area contributed by atoms with Crippen molar-refractivity contribution in [2.24, 2.45) is 5.41 Å². The van der Waals surface area contributed by atoms with Crippen molar-refractivity contribution in [2.45, 2.75) is 46.6 Å². The zero-order valence-corrected chi connectivity index (χ0v) is 13.1. The maximum atomic E-state index is 4.45. The number of benzene rings is 1. The predicted octanol–water partition coefficient (Wildman–Crippen LogP) is 4.19. The fraction of sp³-hybridized carbons (Fsp3) is 0.500. The number of fused-ring (bicyclic) bond motifs is 1. The second-order valence-electron chi connectivity index (χ2n) is 6.56. The number of para-hydroxylation sites is 1. The van der Waals surface area contributed by atoms with Gasteiger partial charge in [0.1, 0.15) is 0 Å². The van der Waals surface area contributed by atoms with Crippen LogP contribution in [-0.4, -0.2) is 17.6 Å². The van der Waals surface area contributed by atoms with Gasteiger partial charge in [-0.2, -0.15) is 0 Å². The van der Waals surface area contributed by atoms with E-state index in [-0.39, 0.29) is 5.41 Å². The molecule has 20 heavy (non-hydrogen) atoms. The molecule has 1 atom stereocenters. The van der Waals surface area contributed by atoms with Crippen LogP contribution in [0, 0.1) is 5.41 Å². The van der Waals surface area contributed by atoms with Crippen LogP contribution in [0.1, 0.15) is 39.7 Å². The molecule has 2 aromatic rings.